The summed E-state index contributed by atoms with van der Waals surface area (Å²) < 4.78 is 12.3. The molecule has 3 rings (SSSR count). The number of ether oxygens (including phenoxy) is 1. The van der Waals surface area contributed by atoms with Crippen LogP contribution in [0.15, 0.2) is 73.0 Å². The summed E-state index contributed by atoms with van der Waals surface area (Å²) in [6.07, 6.45) is 3.62. The van der Waals surface area contributed by atoms with Crippen molar-refractivity contribution in [3.05, 3.63) is 73.0 Å². The van der Waals surface area contributed by atoms with Crippen LogP contribution in [0, 0.1) is 5.92 Å². The molecule has 0 aliphatic carbocycles. The molecule has 2 aromatic rings. The molecule has 27 heavy (non-hydrogen) atoms. The summed E-state index contributed by atoms with van der Waals surface area (Å²) in [4.78, 5) is 0. The van der Waals surface area contributed by atoms with Gasteiger partial charge in [-0.05, 0) is 27.9 Å². The average Bonchev–Trinajstić information content (AvgIpc) is 2.67. The van der Waals surface area contributed by atoms with Crippen molar-refractivity contribution in [1.82, 2.24) is 0 Å². The topological polar surface area (TPSA) is 38.7 Å². The molecule has 0 amide bonds. The molecule has 144 valence electrons. The van der Waals surface area contributed by atoms with Crippen molar-refractivity contribution >= 4 is 18.7 Å². The fourth-order valence-corrected chi connectivity index (χ4v) is 8.53. The third-order valence-corrected chi connectivity index (χ3v) is 10.4. The van der Waals surface area contributed by atoms with Crippen LogP contribution in [0.4, 0.5) is 0 Å². The summed E-state index contributed by atoms with van der Waals surface area (Å²) in [6.45, 7) is 7.98. The van der Waals surface area contributed by atoms with Gasteiger partial charge in [0.2, 0.25) is 0 Å². The lowest BCUT2D eigenvalue weighted by molar-refractivity contribution is 0.0545. The van der Waals surface area contributed by atoms with Crippen LogP contribution in [0.1, 0.15) is 27.2 Å². The number of aliphatic hydroxyl groups is 1. The first-order valence-electron chi connectivity index (χ1n) is 9.66. The molecule has 0 bridgehead atoms. The standard InChI is InChI=1S/C23H30O3Si/c1-23(2,3)27(20-10-6-4-7-11-20,21-12-8-5-9-13-21)26-17-14-19-18-25-16-15-22(19)24/h4-13,15-16,19,22,24H,14,17-18H2,1-3H3/t19-,22-/m1/s1. The van der Waals surface area contributed by atoms with Crippen molar-refractivity contribution in [1.29, 1.82) is 0 Å². The molecule has 2 aromatic carbocycles. The highest BCUT2D eigenvalue weighted by Gasteiger charge is 2.50. The molecule has 0 spiro atoms. The fourth-order valence-electron chi connectivity index (χ4n) is 3.95. The lowest BCUT2D eigenvalue weighted by atomic mass is 9.99. The minimum Gasteiger partial charge on any atom is -0.501 e. The van der Waals surface area contributed by atoms with Crippen molar-refractivity contribution < 1.29 is 14.3 Å². The lowest BCUT2D eigenvalue weighted by Gasteiger charge is -2.43. The van der Waals surface area contributed by atoms with Crippen molar-refractivity contribution in [3.8, 4) is 0 Å². The normalized spacial score (nSPS) is 20.3. The van der Waals surface area contributed by atoms with Crippen LogP contribution in [0.2, 0.25) is 5.04 Å². The fraction of sp³-hybridized carbons (Fsp3) is 0.391. The number of rotatable bonds is 6. The molecular weight excluding hydrogens is 352 g/mol. The first-order chi connectivity index (χ1) is 12.9. The van der Waals surface area contributed by atoms with E-state index in [1.54, 1.807) is 12.3 Å². The summed E-state index contributed by atoms with van der Waals surface area (Å²) in [5.41, 5.74) is 0. The average molecular weight is 383 g/mol. The van der Waals surface area contributed by atoms with Crippen LogP contribution in [-0.4, -0.2) is 32.7 Å². The maximum Gasteiger partial charge on any atom is 0.261 e. The molecule has 0 aromatic heterocycles. The third kappa shape index (κ3) is 4.18. The second kappa shape index (κ2) is 8.42. The SMILES string of the molecule is CC(C)(C)[Si](OCC[C@@H]1COC=C[C@H]1O)(c1ccccc1)c1ccccc1. The van der Waals surface area contributed by atoms with Gasteiger partial charge in [0, 0.05) is 12.5 Å². The third-order valence-electron chi connectivity index (χ3n) is 5.39. The molecule has 0 saturated carbocycles. The van der Waals surface area contributed by atoms with Gasteiger partial charge in [-0.2, -0.15) is 0 Å². The summed E-state index contributed by atoms with van der Waals surface area (Å²) in [5, 5.41) is 12.7. The van der Waals surface area contributed by atoms with Gasteiger partial charge in [-0.25, -0.2) is 0 Å². The van der Waals surface area contributed by atoms with Crippen LogP contribution in [-0.2, 0) is 9.16 Å². The second-order valence-corrected chi connectivity index (χ2v) is 12.5. The Morgan fingerprint density at radius 2 is 1.56 bits per heavy atom. The molecular formula is C23H30O3Si. The molecule has 1 aliphatic heterocycles. The van der Waals surface area contributed by atoms with Gasteiger partial charge >= 0.3 is 0 Å². The Morgan fingerprint density at radius 3 is 2.04 bits per heavy atom. The number of aliphatic hydroxyl groups excluding tert-OH is 1. The molecule has 0 fully saturated rings. The number of hydrogen-bond donors (Lipinski definition) is 1. The molecule has 1 aliphatic rings. The summed E-state index contributed by atoms with van der Waals surface area (Å²) >= 11 is 0. The van der Waals surface area contributed by atoms with Crippen molar-refractivity contribution in [2.45, 2.75) is 38.3 Å². The predicted octanol–water partition coefficient (Wildman–Crippen LogP) is 3.47. The molecule has 3 nitrogen and oxygen atoms in total. The van der Waals surface area contributed by atoms with Crippen molar-refractivity contribution in [2.75, 3.05) is 13.2 Å². The highest BCUT2D eigenvalue weighted by Crippen LogP contribution is 2.37. The zero-order valence-electron chi connectivity index (χ0n) is 16.5. The lowest BCUT2D eigenvalue weighted by Crippen LogP contribution is -2.66. The van der Waals surface area contributed by atoms with Crippen molar-refractivity contribution in [3.63, 3.8) is 0 Å². The molecule has 0 saturated heterocycles. The van der Waals surface area contributed by atoms with Gasteiger partial charge in [0.1, 0.15) is 0 Å². The minimum atomic E-state index is -2.50. The van der Waals surface area contributed by atoms with Gasteiger partial charge in [0.05, 0.1) is 19.0 Å². The van der Waals surface area contributed by atoms with E-state index in [2.05, 4.69) is 81.4 Å². The highest BCUT2D eigenvalue weighted by molar-refractivity contribution is 6.99. The monoisotopic (exact) mass is 382 g/mol. The van der Waals surface area contributed by atoms with Crippen molar-refractivity contribution in [2.24, 2.45) is 5.92 Å². The maximum absolute atomic E-state index is 10.2. The Kier molecular flexibility index (Phi) is 6.20. The van der Waals surface area contributed by atoms with E-state index in [9.17, 15) is 5.11 Å². The van der Waals surface area contributed by atoms with Crippen LogP contribution in [0.25, 0.3) is 0 Å². The van der Waals surface area contributed by atoms with Gasteiger partial charge < -0.3 is 14.3 Å². The Morgan fingerprint density at radius 1 is 1.00 bits per heavy atom. The minimum absolute atomic E-state index is 0.0305. The zero-order chi connectivity index (χ0) is 19.3. The number of hydrogen-bond acceptors (Lipinski definition) is 3. The largest absolute Gasteiger partial charge is 0.501 e. The zero-order valence-corrected chi connectivity index (χ0v) is 17.5. The van der Waals surface area contributed by atoms with E-state index in [1.807, 2.05) is 0 Å². The van der Waals surface area contributed by atoms with Crippen LogP contribution in [0.5, 0.6) is 0 Å². The van der Waals surface area contributed by atoms with Gasteiger partial charge in [0.15, 0.2) is 0 Å². The Labute approximate surface area is 163 Å². The first-order valence-corrected chi connectivity index (χ1v) is 11.6. The van der Waals surface area contributed by atoms with E-state index in [0.717, 1.165) is 6.42 Å². The van der Waals surface area contributed by atoms with Gasteiger partial charge in [-0.15, -0.1) is 0 Å². The molecule has 0 unspecified atom stereocenters. The maximum atomic E-state index is 10.2. The molecule has 2 atom stereocenters. The first kappa shape index (κ1) is 19.9. The van der Waals surface area contributed by atoms with Crippen LogP contribution >= 0.6 is 0 Å². The van der Waals surface area contributed by atoms with Gasteiger partial charge in [-0.3, -0.25) is 0 Å². The predicted molar refractivity (Wildman–Crippen MR) is 113 cm³/mol. The van der Waals surface area contributed by atoms with Crippen LogP contribution in [0.3, 0.4) is 0 Å². The van der Waals surface area contributed by atoms with Crippen LogP contribution < -0.4 is 10.4 Å². The summed E-state index contributed by atoms with van der Waals surface area (Å²) in [7, 11) is -2.50. The molecule has 1 N–H and O–H groups in total. The smallest absolute Gasteiger partial charge is 0.261 e. The van der Waals surface area contributed by atoms with E-state index in [4.69, 9.17) is 9.16 Å². The highest BCUT2D eigenvalue weighted by atomic mass is 28.4. The summed E-state index contributed by atoms with van der Waals surface area (Å²) in [6, 6.07) is 21.3. The second-order valence-electron chi connectivity index (χ2n) is 8.21. The quantitative estimate of drug-likeness (QED) is 0.778. The van der Waals surface area contributed by atoms with E-state index in [1.165, 1.54) is 10.4 Å². The Bertz CT molecular complexity index is 698. The van der Waals surface area contributed by atoms with Gasteiger partial charge in [-0.1, -0.05) is 81.4 Å². The van der Waals surface area contributed by atoms with E-state index in [-0.39, 0.29) is 11.0 Å². The van der Waals surface area contributed by atoms with E-state index in [0.29, 0.717) is 13.2 Å². The summed E-state index contributed by atoms with van der Waals surface area (Å²) in [5.74, 6) is 0.0771. The van der Waals surface area contributed by atoms with E-state index < -0.39 is 14.4 Å². The number of benzene rings is 2. The Balaban J connectivity index is 1.93. The Hall–Kier alpha value is -1.88. The van der Waals surface area contributed by atoms with E-state index >= 15 is 0 Å². The van der Waals surface area contributed by atoms with Gasteiger partial charge in [0.25, 0.3) is 8.32 Å². The molecule has 1 heterocycles. The molecule has 0 radical (unpaired) electrons. The molecule has 4 heteroatoms.